The predicted molar refractivity (Wildman–Crippen MR) is 67.6 cm³/mol. The third-order valence-corrected chi connectivity index (χ3v) is 2.68. The Labute approximate surface area is 97.2 Å². The van der Waals surface area contributed by atoms with Crippen LogP contribution in [0.3, 0.4) is 0 Å². The van der Waals surface area contributed by atoms with E-state index >= 15 is 0 Å². The van der Waals surface area contributed by atoms with Crippen molar-refractivity contribution in [2.24, 2.45) is 5.73 Å². The normalized spacial score (nSPS) is 12.3. The van der Waals surface area contributed by atoms with Crippen LogP contribution in [0.2, 0.25) is 0 Å². The molecule has 0 radical (unpaired) electrons. The molecule has 0 spiro atoms. The molecule has 0 bridgehead atoms. The third-order valence-electron chi connectivity index (χ3n) is 2.68. The maximum Gasteiger partial charge on any atom is 0.243 e. The number of amides is 1. The number of likely N-dealkylation sites (N-methyl/N-ethyl adjacent to an activating group) is 1. The fraction of sp³-hybridized carbons (Fsp3) is 0.462. The van der Waals surface area contributed by atoms with E-state index in [1.54, 1.807) is 11.9 Å². The van der Waals surface area contributed by atoms with E-state index in [9.17, 15) is 4.79 Å². The summed E-state index contributed by atoms with van der Waals surface area (Å²) in [7, 11) is 1.77. The summed E-state index contributed by atoms with van der Waals surface area (Å²) in [4.78, 5) is 13.5. The number of hydrogen-bond acceptors (Lipinski definition) is 2. The van der Waals surface area contributed by atoms with Gasteiger partial charge in [-0.25, -0.2) is 0 Å². The lowest BCUT2D eigenvalue weighted by atomic mass is 10.1. The molecule has 1 amide bonds. The lowest BCUT2D eigenvalue weighted by Gasteiger charge is -2.21. The summed E-state index contributed by atoms with van der Waals surface area (Å²) >= 11 is 0. The Kier molecular flexibility index (Phi) is 4.07. The van der Waals surface area contributed by atoms with Crippen molar-refractivity contribution in [3.63, 3.8) is 0 Å². The standard InChI is InChI=1S/C13H20N2O/c1-5-12(14)13(16)15(4)11-7-9(2)6-10(3)8-11/h6-8,12H,5,14H2,1-4H3. The number of carbonyl (C=O) groups is 1. The Hall–Kier alpha value is -1.35. The van der Waals surface area contributed by atoms with Gasteiger partial charge in [0, 0.05) is 12.7 Å². The van der Waals surface area contributed by atoms with E-state index in [-0.39, 0.29) is 5.91 Å². The van der Waals surface area contributed by atoms with Crippen LogP contribution in [0.15, 0.2) is 18.2 Å². The van der Waals surface area contributed by atoms with Gasteiger partial charge in [0.15, 0.2) is 0 Å². The first-order valence-corrected chi connectivity index (χ1v) is 5.57. The number of aryl methyl sites for hydroxylation is 2. The molecule has 2 N–H and O–H groups in total. The minimum atomic E-state index is -0.411. The van der Waals surface area contributed by atoms with Gasteiger partial charge >= 0.3 is 0 Å². The van der Waals surface area contributed by atoms with Gasteiger partial charge in [-0.1, -0.05) is 13.0 Å². The molecule has 0 heterocycles. The minimum Gasteiger partial charge on any atom is -0.320 e. The zero-order valence-electron chi connectivity index (χ0n) is 10.4. The molecule has 0 aromatic heterocycles. The molecule has 0 fully saturated rings. The maximum atomic E-state index is 11.9. The van der Waals surface area contributed by atoms with Crippen LogP contribution in [-0.4, -0.2) is 19.0 Å². The molecule has 0 aliphatic rings. The highest BCUT2D eigenvalue weighted by atomic mass is 16.2. The van der Waals surface area contributed by atoms with Crippen molar-refractivity contribution in [3.8, 4) is 0 Å². The number of nitrogens with zero attached hydrogens (tertiary/aromatic N) is 1. The second-order valence-electron chi connectivity index (χ2n) is 4.26. The average molecular weight is 220 g/mol. The van der Waals surface area contributed by atoms with Gasteiger partial charge in [0.1, 0.15) is 0 Å². The van der Waals surface area contributed by atoms with Crippen LogP contribution in [0.25, 0.3) is 0 Å². The van der Waals surface area contributed by atoms with E-state index in [0.717, 1.165) is 16.8 Å². The number of nitrogens with two attached hydrogens (primary N) is 1. The van der Waals surface area contributed by atoms with Gasteiger partial charge in [0.25, 0.3) is 0 Å². The van der Waals surface area contributed by atoms with Crippen LogP contribution in [0.5, 0.6) is 0 Å². The SMILES string of the molecule is CCC(N)C(=O)N(C)c1cc(C)cc(C)c1. The highest BCUT2D eigenvalue weighted by Crippen LogP contribution is 2.18. The molecule has 0 aliphatic heterocycles. The van der Waals surface area contributed by atoms with E-state index in [4.69, 9.17) is 5.73 Å². The molecule has 1 aromatic rings. The van der Waals surface area contributed by atoms with E-state index in [2.05, 4.69) is 6.07 Å². The molecule has 1 unspecified atom stereocenters. The third kappa shape index (κ3) is 2.83. The molecule has 1 aromatic carbocycles. The van der Waals surface area contributed by atoms with Crippen molar-refractivity contribution in [2.75, 3.05) is 11.9 Å². The Morgan fingerprint density at radius 1 is 1.31 bits per heavy atom. The van der Waals surface area contributed by atoms with Crippen molar-refractivity contribution in [1.29, 1.82) is 0 Å². The van der Waals surface area contributed by atoms with Gasteiger partial charge < -0.3 is 10.6 Å². The van der Waals surface area contributed by atoms with Crippen LogP contribution >= 0.6 is 0 Å². The van der Waals surface area contributed by atoms with Gasteiger partial charge in [-0.05, 0) is 43.5 Å². The largest absolute Gasteiger partial charge is 0.320 e. The molecular weight excluding hydrogens is 200 g/mol. The average Bonchev–Trinajstić information content (AvgIpc) is 2.24. The second kappa shape index (κ2) is 5.12. The molecule has 0 saturated carbocycles. The number of rotatable bonds is 3. The van der Waals surface area contributed by atoms with Crippen molar-refractivity contribution in [2.45, 2.75) is 33.2 Å². The lowest BCUT2D eigenvalue weighted by molar-refractivity contribution is -0.119. The quantitative estimate of drug-likeness (QED) is 0.847. The molecule has 88 valence electrons. The summed E-state index contributed by atoms with van der Waals surface area (Å²) in [5, 5.41) is 0. The molecule has 0 saturated heterocycles. The zero-order chi connectivity index (χ0) is 12.3. The summed E-state index contributed by atoms with van der Waals surface area (Å²) < 4.78 is 0. The fourth-order valence-electron chi connectivity index (χ4n) is 1.69. The highest BCUT2D eigenvalue weighted by molar-refractivity contribution is 5.96. The molecular formula is C13H20N2O. The summed E-state index contributed by atoms with van der Waals surface area (Å²) in [5.74, 6) is -0.0347. The van der Waals surface area contributed by atoms with Crippen LogP contribution in [0.1, 0.15) is 24.5 Å². The van der Waals surface area contributed by atoms with Crippen LogP contribution < -0.4 is 10.6 Å². The van der Waals surface area contributed by atoms with Gasteiger partial charge in [0.05, 0.1) is 6.04 Å². The first-order valence-electron chi connectivity index (χ1n) is 5.57. The van der Waals surface area contributed by atoms with Gasteiger partial charge in [0.2, 0.25) is 5.91 Å². The molecule has 1 rings (SSSR count). The first-order chi connectivity index (χ1) is 7.45. The van der Waals surface area contributed by atoms with Gasteiger partial charge in [-0.3, -0.25) is 4.79 Å². The van der Waals surface area contributed by atoms with Crippen molar-refractivity contribution < 1.29 is 4.79 Å². The molecule has 1 atom stereocenters. The van der Waals surface area contributed by atoms with E-state index in [1.807, 2.05) is 32.9 Å². The van der Waals surface area contributed by atoms with E-state index in [1.165, 1.54) is 0 Å². The Morgan fingerprint density at radius 3 is 2.25 bits per heavy atom. The molecule has 3 heteroatoms. The lowest BCUT2D eigenvalue weighted by Crippen LogP contribution is -2.41. The number of hydrogen-bond donors (Lipinski definition) is 1. The van der Waals surface area contributed by atoms with Gasteiger partial charge in [-0.15, -0.1) is 0 Å². The zero-order valence-corrected chi connectivity index (χ0v) is 10.4. The molecule has 0 aliphatic carbocycles. The van der Waals surface area contributed by atoms with Crippen molar-refractivity contribution in [1.82, 2.24) is 0 Å². The van der Waals surface area contributed by atoms with Gasteiger partial charge in [-0.2, -0.15) is 0 Å². The maximum absolute atomic E-state index is 11.9. The molecule has 3 nitrogen and oxygen atoms in total. The smallest absolute Gasteiger partial charge is 0.243 e. The van der Waals surface area contributed by atoms with Crippen LogP contribution in [-0.2, 0) is 4.79 Å². The summed E-state index contributed by atoms with van der Waals surface area (Å²) in [6.07, 6.45) is 0.661. The molecule has 16 heavy (non-hydrogen) atoms. The Bertz CT molecular complexity index is 367. The topological polar surface area (TPSA) is 46.3 Å². The Morgan fingerprint density at radius 2 is 1.81 bits per heavy atom. The summed E-state index contributed by atoms with van der Waals surface area (Å²) in [6, 6.07) is 5.66. The number of anilines is 1. The van der Waals surface area contributed by atoms with Crippen LogP contribution in [0, 0.1) is 13.8 Å². The van der Waals surface area contributed by atoms with E-state index in [0.29, 0.717) is 6.42 Å². The fourth-order valence-corrected chi connectivity index (χ4v) is 1.69. The number of benzene rings is 1. The monoisotopic (exact) mass is 220 g/mol. The first kappa shape index (κ1) is 12.7. The van der Waals surface area contributed by atoms with Crippen LogP contribution in [0.4, 0.5) is 5.69 Å². The highest BCUT2D eigenvalue weighted by Gasteiger charge is 2.17. The second-order valence-corrected chi connectivity index (χ2v) is 4.26. The summed E-state index contributed by atoms with van der Waals surface area (Å²) in [6.45, 7) is 5.96. The predicted octanol–water partition coefficient (Wildman–Crippen LogP) is 2.00. The minimum absolute atomic E-state index is 0.0347. The van der Waals surface area contributed by atoms with Crippen molar-refractivity contribution in [3.05, 3.63) is 29.3 Å². The van der Waals surface area contributed by atoms with Crippen molar-refractivity contribution >= 4 is 11.6 Å². The number of carbonyl (C=O) groups excluding carboxylic acids is 1. The summed E-state index contributed by atoms with van der Waals surface area (Å²) in [5.41, 5.74) is 8.95. The van der Waals surface area contributed by atoms with E-state index < -0.39 is 6.04 Å². The Balaban J connectivity index is 2.95.